The number of tetrazole rings is 1. The molecule has 0 unspecified atom stereocenters. The molecule has 0 fully saturated rings. The summed E-state index contributed by atoms with van der Waals surface area (Å²) in [5.41, 5.74) is 0. The lowest BCUT2D eigenvalue weighted by Gasteiger charge is -2.11. The van der Waals surface area contributed by atoms with Crippen LogP contribution < -0.4 is 5.32 Å². The van der Waals surface area contributed by atoms with Gasteiger partial charge in [0.2, 0.25) is 11.1 Å². The van der Waals surface area contributed by atoms with Crippen LogP contribution in [0.2, 0.25) is 0 Å². The molecule has 2 heterocycles. The number of nitrogens with one attached hydrogen (secondary N) is 1. The van der Waals surface area contributed by atoms with E-state index in [4.69, 9.17) is 0 Å². The molecule has 1 amide bonds. The minimum Gasteiger partial charge on any atom is -0.301 e. The molecule has 9 heteroatoms. The second-order valence-corrected chi connectivity index (χ2v) is 5.49. The fourth-order valence-electron chi connectivity index (χ4n) is 1.24. The van der Waals surface area contributed by atoms with E-state index in [2.05, 4.69) is 25.8 Å². The van der Waals surface area contributed by atoms with Gasteiger partial charge in [0, 0.05) is 18.6 Å². The van der Waals surface area contributed by atoms with Gasteiger partial charge < -0.3 is 5.32 Å². The standard InChI is InChI=1S/C9H12N6OS2/c1-3-6(18-9-12-13-14-15(9)2)7(16)11-8-10-4-5-17-8/h4-6H,3H2,1-2H3,(H,10,11,16)/t6-/m0/s1. The van der Waals surface area contributed by atoms with E-state index in [1.165, 1.54) is 23.1 Å². The first-order valence-electron chi connectivity index (χ1n) is 5.30. The molecule has 2 aromatic rings. The first-order valence-corrected chi connectivity index (χ1v) is 7.06. The fraction of sp³-hybridized carbons (Fsp3) is 0.444. The summed E-state index contributed by atoms with van der Waals surface area (Å²) in [6.07, 6.45) is 2.34. The van der Waals surface area contributed by atoms with E-state index in [-0.39, 0.29) is 11.2 Å². The molecule has 0 saturated heterocycles. The smallest absolute Gasteiger partial charge is 0.239 e. The Hall–Kier alpha value is -1.48. The Morgan fingerprint density at radius 3 is 3.06 bits per heavy atom. The zero-order valence-corrected chi connectivity index (χ0v) is 11.5. The van der Waals surface area contributed by atoms with Gasteiger partial charge in [-0.05, 0) is 16.8 Å². The summed E-state index contributed by atoms with van der Waals surface area (Å²) >= 11 is 2.74. The van der Waals surface area contributed by atoms with E-state index in [9.17, 15) is 4.79 Å². The van der Waals surface area contributed by atoms with Crippen molar-refractivity contribution in [1.82, 2.24) is 25.2 Å². The van der Waals surface area contributed by atoms with Crippen LogP contribution in [0.1, 0.15) is 13.3 Å². The molecular formula is C9H12N6OS2. The average molecular weight is 284 g/mol. The molecule has 1 N–H and O–H groups in total. The summed E-state index contributed by atoms with van der Waals surface area (Å²) in [4.78, 5) is 16.1. The van der Waals surface area contributed by atoms with Crippen LogP contribution in [0.5, 0.6) is 0 Å². The van der Waals surface area contributed by atoms with Gasteiger partial charge in [-0.2, -0.15) is 0 Å². The minimum atomic E-state index is -0.237. The number of thioether (sulfide) groups is 1. The van der Waals surface area contributed by atoms with Gasteiger partial charge in [0.15, 0.2) is 5.13 Å². The van der Waals surface area contributed by atoms with Gasteiger partial charge in [-0.1, -0.05) is 18.7 Å². The molecule has 0 spiro atoms. The zero-order chi connectivity index (χ0) is 13.0. The number of nitrogens with zero attached hydrogens (tertiary/aromatic N) is 5. The molecule has 18 heavy (non-hydrogen) atoms. The summed E-state index contributed by atoms with van der Waals surface area (Å²) in [6, 6.07) is 0. The number of carbonyl (C=O) groups excluding carboxylic acids is 1. The number of carbonyl (C=O) groups is 1. The predicted molar refractivity (Wildman–Crippen MR) is 69.5 cm³/mol. The van der Waals surface area contributed by atoms with E-state index in [1.54, 1.807) is 17.9 Å². The topological polar surface area (TPSA) is 85.6 Å². The van der Waals surface area contributed by atoms with Crippen LogP contribution in [-0.2, 0) is 11.8 Å². The van der Waals surface area contributed by atoms with Crippen molar-refractivity contribution in [3.8, 4) is 0 Å². The number of amides is 1. The van der Waals surface area contributed by atoms with Gasteiger partial charge in [-0.15, -0.1) is 16.4 Å². The van der Waals surface area contributed by atoms with Crippen molar-refractivity contribution < 1.29 is 4.79 Å². The number of thiazole rings is 1. The molecule has 0 bridgehead atoms. The largest absolute Gasteiger partial charge is 0.301 e. The fourth-order valence-corrected chi connectivity index (χ4v) is 2.63. The maximum atomic E-state index is 12.0. The number of hydrogen-bond acceptors (Lipinski definition) is 7. The van der Waals surface area contributed by atoms with Crippen molar-refractivity contribution in [2.24, 2.45) is 7.05 Å². The number of hydrogen-bond donors (Lipinski definition) is 1. The van der Waals surface area contributed by atoms with Crippen molar-refractivity contribution in [2.75, 3.05) is 5.32 Å². The second-order valence-electron chi connectivity index (χ2n) is 3.43. The average Bonchev–Trinajstić information content (AvgIpc) is 2.98. The minimum absolute atomic E-state index is 0.0829. The highest BCUT2D eigenvalue weighted by Crippen LogP contribution is 2.23. The molecule has 1 atom stereocenters. The first kappa shape index (κ1) is 13.0. The third-order valence-corrected chi connectivity index (χ3v) is 4.23. The maximum absolute atomic E-state index is 12.0. The molecule has 0 saturated carbocycles. The Labute approximate surface area is 112 Å². The molecule has 0 aliphatic carbocycles. The molecular weight excluding hydrogens is 272 g/mol. The van der Waals surface area contributed by atoms with Crippen LogP contribution in [0.4, 0.5) is 5.13 Å². The Balaban J connectivity index is 2.00. The quantitative estimate of drug-likeness (QED) is 0.830. The Morgan fingerprint density at radius 1 is 1.67 bits per heavy atom. The van der Waals surface area contributed by atoms with Gasteiger partial charge in [0.1, 0.15) is 0 Å². The number of anilines is 1. The number of rotatable bonds is 5. The normalized spacial score (nSPS) is 12.3. The molecule has 2 rings (SSSR count). The maximum Gasteiger partial charge on any atom is 0.239 e. The summed E-state index contributed by atoms with van der Waals surface area (Å²) in [5.74, 6) is -0.0829. The van der Waals surface area contributed by atoms with Crippen molar-refractivity contribution in [1.29, 1.82) is 0 Å². The molecule has 96 valence electrons. The molecule has 7 nitrogen and oxygen atoms in total. The highest BCUT2D eigenvalue weighted by atomic mass is 32.2. The number of aryl methyl sites for hydroxylation is 1. The van der Waals surface area contributed by atoms with Crippen molar-refractivity contribution in [3.05, 3.63) is 11.6 Å². The lowest BCUT2D eigenvalue weighted by atomic mass is 10.3. The van der Waals surface area contributed by atoms with Crippen molar-refractivity contribution >= 4 is 34.1 Å². The molecule has 0 aromatic carbocycles. The van der Waals surface area contributed by atoms with Gasteiger partial charge in [0.05, 0.1) is 5.25 Å². The molecule has 2 aromatic heterocycles. The Bertz CT molecular complexity index is 511. The Kier molecular flexibility index (Phi) is 4.26. The van der Waals surface area contributed by atoms with Crippen molar-refractivity contribution in [2.45, 2.75) is 23.8 Å². The third-order valence-electron chi connectivity index (χ3n) is 2.15. The second kappa shape index (κ2) is 5.91. The van der Waals surface area contributed by atoms with Crippen molar-refractivity contribution in [3.63, 3.8) is 0 Å². The van der Waals surface area contributed by atoms with E-state index in [0.717, 1.165) is 0 Å². The van der Waals surface area contributed by atoms with Gasteiger partial charge in [0.25, 0.3) is 0 Å². The molecule has 0 aliphatic rings. The Morgan fingerprint density at radius 2 is 2.50 bits per heavy atom. The van der Waals surface area contributed by atoms with Gasteiger partial charge in [-0.3, -0.25) is 4.79 Å². The summed E-state index contributed by atoms with van der Waals surface area (Å²) in [7, 11) is 1.74. The van der Waals surface area contributed by atoms with Crippen LogP contribution >= 0.6 is 23.1 Å². The van der Waals surface area contributed by atoms with E-state index in [1.807, 2.05) is 12.3 Å². The van der Waals surface area contributed by atoms with E-state index in [0.29, 0.717) is 16.7 Å². The molecule has 0 radical (unpaired) electrons. The van der Waals surface area contributed by atoms with Crippen LogP contribution in [0.15, 0.2) is 16.7 Å². The monoisotopic (exact) mass is 284 g/mol. The summed E-state index contributed by atoms with van der Waals surface area (Å²) in [5, 5.41) is 16.7. The van der Waals surface area contributed by atoms with Crippen LogP contribution in [-0.4, -0.2) is 36.3 Å². The highest BCUT2D eigenvalue weighted by molar-refractivity contribution is 8.00. The highest BCUT2D eigenvalue weighted by Gasteiger charge is 2.21. The third kappa shape index (κ3) is 3.05. The van der Waals surface area contributed by atoms with E-state index >= 15 is 0 Å². The van der Waals surface area contributed by atoms with Crippen LogP contribution in [0.25, 0.3) is 0 Å². The zero-order valence-electron chi connectivity index (χ0n) is 9.90. The summed E-state index contributed by atoms with van der Waals surface area (Å²) < 4.78 is 1.55. The predicted octanol–water partition coefficient (Wildman–Crippen LogP) is 1.18. The van der Waals surface area contributed by atoms with Gasteiger partial charge in [-0.25, -0.2) is 9.67 Å². The lowest BCUT2D eigenvalue weighted by molar-refractivity contribution is -0.115. The lowest BCUT2D eigenvalue weighted by Crippen LogP contribution is -2.24. The van der Waals surface area contributed by atoms with Gasteiger partial charge >= 0.3 is 0 Å². The number of aromatic nitrogens is 5. The molecule has 0 aliphatic heterocycles. The van der Waals surface area contributed by atoms with Crippen LogP contribution in [0, 0.1) is 0 Å². The first-order chi connectivity index (χ1) is 8.70. The van der Waals surface area contributed by atoms with E-state index < -0.39 is 0 Å². The summed E-state index contributed by atoms with van der Waals surface area (Å²) in [6.45, 7) is 1.95. The van der Waals surface area contributed by atoms with Crippen LogP contribution in [0.3, 0.4) is 0 Å². The SMILES string of the molecule is CC[C@H](Sc1nnnn1C)C(=O)Nc1nccs1.